The standard InChI is InChI=1S/C39H52N2O5/c1-28(2)18-21-34(36(42)46-39(5,6)7)26-41(25-29(3)4)38(44)40-35(37(43)45-27-31-14-10-8-11-15-31)24-30-19-22-33(23-20-30)32-16-12-9-13-17-32/h8-17,19-20,22-23,28-29,34-35H,18,21,24-27H2,1-7H3,(H,40,44)/t34?,35-/m0/s1. The fourth-order valence-electron chi connectivity index (χ4n) is 5.11. The van der Waals surface area contributed by atoms with Crippen LogP contribution in [0.1, 0.15) is 72.4 Å². The number of ether oxygens (including phenoxy) is 2. The number of nitrogens with zero attached hydrogens (tertiary/aromatic N) is 1. The number of esters is 2. The highest BCUT2D eigenvalue weighted by Crippen LogP contribution is 2.22. The Bertz CT molecular complexity index is 1370. The van der Waals surface area contributed by atoms with E-state index in [9.17, 15) is 14.4 Å². The van der Waals surface area contributed by atoms with Crippen molar-refractivity contribution in [2.24, 2.45) is 17.8 Å². The summed E-state index contributed by atoms with van der Waals surface area (Å²) < 4.78 is 11.5. The highest BCUT2D eigenvalue weighted by Gasteiger charge is 2.31. The van der Waals surface area contributed by atoms with Gasteiger partial charge in [0.1, 0.15) is 18.2 Å². The van der Waals surface area contributed by atoms with Crippen molar-refractivity contribution in [2.45, 2.75) is 86.0 Å². The molecule has 0 aliphatic rings. The van der Waals surface area contributed by atoms with Gasteiger partial charge < -0.3 is 19.7 Å². The minimum Gasteiger partial charge on any atom is -0.460 e. The van der Waals surface area contributed by atoms with Crippen molar-refractivity contribution in [3.63, 3.8) is 0 Å². The number of hydrogen-bond donors (Lipinski definition) is 1. The minimum atomic E-state index is -0.927. The average molecular weight is 629 g/mol. The van der Waals surface area contributed by atoms with Gasteiger partial charge in [-0.2, -0.15) is 0 Å². The molecule has 3 rings (SSSR count). The number of carbonyl (C=O) groups excluding carboxylic acids is 3. The first-order valence-electron chi connectivity index (χ1n) is 16.4. The highest BCUT2D eigenvalue weighted by atomic mass is 16.6. The van der Waals surface area contributed by atoms with Gasteiger partial charge in [0.2, 0.25) is 0 Å². The van der Waals surface area contributed by atoms with Gasteiger partial charge in [0.15, 0.2) is 0 Å². The fraction of sp³-hybridized carbons (Fsp3) is 0.462. The summed E-state index contributed by atoms with van der Waals surface area (Å²) in [5.41, 5.74) is 3.28. The van der Waals surface area contributed by atoms with Gasteiger partial charge in [-0.05, 0) is 61.3 Å². The van der Waals surface area contributed by atoms with Crippen molar-refractivity contribution in [1.82, 2.24) is 10.2 Å². The molecule has 46 heavy (non-hydrogen) atoms. The molecule has 1 N–H and O–H groups in total. The Hall–Kier alpha value is -4.13. The Labute approximate surface area is 275 Å². The van der Waals surface area contributed by atoms with Gasteiger partial charge in [-0.15, -0.1) is 0 Å². The molecule has 0 aliphatic heterocycles. The first-order valence-corrected chi connectivity index (χ1v) is 16.4. The van der Waals surface area contributed by atoms with E-state index < -0.39 is 29.6 Å². The maximum atomic E-state index is 13.9. The van der Waals surface area contributed by atoms with Crippen LogP contribution in [-0.4, -0.2) is 47.6 Å². The predicted molar refractivity (Wildman–Crippen MR) is 184 cm³/mol. The smallest absolute Gasteiger partial charge is 0.329 e. The first kappa shape index (κ1) is 36.3. The zero-order chi connectivity index (χ0) is 33.7. The van der Waals surface area contributed by atoms with Crippen molar-refractivity contribution in [3.8, 4) is 11.1 Å². The van der Waals surface area contributed by atoms with Gasteiger partial charge in [0, 0.05) is 19.5 Å². The van der Waals surface area contributed by atoms with E-state index in [1.165, 1.54) is 0 Å². The molecule has 0 aliphatic carbocycles. The first-order chi connectivity index (χ1) is 21.8. The molecule has 248 valence electrons. The van der Waals surface area contributed by atoms with E-state index in [0.717, 1.165) is 28.7 Å². The summed E-state index contributed by atoms with van der Waals surface area (Å²) in [6, 6.07) is 26.2. The summed E-state index contributed by atoms with van der Waals surface area (Å²) in [4.78, 5) is 42.4. The second kappa shape index (κ2) is 17.5. The number of nitrogens with one attached hydrogen (secondary N) is 1. The Morgan fingerprint density at radius 1 is 0.696 bits per heavy atom. The lowest BCUT2D eigenvalue weighted by Gasteiger charge is -2.31. The Kier molecular flexibility index (Phi) is 13.9. The molecule has 0 aromatic heterocycles. The molecule has 0 spiro atoms. The van der Waals surface area contributed by atoms with E-state index >= 15 is 0 Å². The molecule has 0 saturated heterocycles. The normalized spacial score (nSPS) is 12.8. The summed E-state index contributed by atoms with van der Waals surface area (Å²) in [7, 11) is 0. The van der Waals surface area contributed by atoms with E-state index in [1.807, 2.05) is 120 Å². The largest absolute Gasteiger partial charge is 0.460 e. The van der Waals surface area contributed by atoms with Crippen LogP contribution >= 0.6 is 0 Å². The van der Waals surface area contributed by atoms with Crippen LogP contribution in [0.3, 0.4) is 0 Å². The van der Waals surface area contributed by atoms with Crippen LogP contribution in [0.4, 0.5) is 4.79 Å². The van der Waals surface area contributed by atoms with Crippen molar-refractivity contribution in [2.75, 3.05) is 13.1 Å². The number of carbonyl (C=O) groups is 3. The van der Waals surface area contributed by atoms with Crippen LogP contribution in [-0.2, 0) is 32.1 Å². The minimum absolute atomic E-state index is 0.102. The van der Waals surface area contributed by atoms with Gasteiger partial charge in [-0.25, -0.2) is 9.59 Å². The quantitative estimate of drug-likeness (QED) is 0.172. The number of benzene rings is 3. The summed E-state index contributed by atoms with van der Waals surface area (Å²) >= 11 is 0. The molecular formula is C39H52N2O5. The number of rotatable bonds is 15. The van der Waals surface area contributed by atoms with Crippen LogP contribution in [0.2, 0.25) is 0 Å². The van der Waals surface area contributed by atoms with E-state index in [2.05, 4.69) is 19.2 Å². The van der Waals surface area contributed by atoms with Gasteiger partial charge in [0.25, 0.3) is 0 Å². The summed E-state index contributed by atoms with van der Waals surface area (Å²) in [5, 5.41) is 2.97. The maximum absolute atomic E-state index is 13.9. The van der Waals surface area contributed by atoms with Crippen molar-refractivity contribution >= 4 is 18.0 Å². The Morgan fingerprint density at radius 2 is 1.28 bits per heavy atom. The summed E-state index contributed by atoms with van der Waals surface area (Å²) in [6.07, 6.45) is 1.69. The number of hydrogen-bond acceptors (Lipinski definition) is 5. The Morgan fingerprint density at radius 3 is 1.85 bits per heavy atom. The lowest BCUT2D eigenvalue weighted by Crippen LogP contribution is -2.52. The third kappa shape index (κ3) is 12.7. The van der Waals surface area contributed by atoms with E-state index in [4.69, 9.17) is 9.47 Å². The zero-order valence-electron chi connectivity index (χ0n) is 28.6. The second-order valence-electron chi connectivity index (χ2n) is 13.9. The van der Waals surface area contributed by atoms with Gasteiger partial charge in [0.05, 0.1) is 5.92 Å². The molecule has 0 bridgehead atoms. The molecule has 0 saturated carbocycles. The monoisotopic (exact) mass is 628 g/mol. The molecule has 3 aromatic carbocycles. The predicted octanol–water partition coefficient (Wildman–Crippen LogP) is 8.07. The van der Waals surface area contributed by atoms with E-state index in [0.29, 0.717) is 18.9 Å². The molecule has 1 unspecified atom stereocenters. The third-order valence-electron chi connectivity index (χ3n) is 7.45. The summed E-state index contributed by atoms with van der Waals surface area (Å²) in [5.74, 6) is -0.775. The average Bonchev–Trinajstić information content (AvgIpc) is 3.01. The molecular weight excluding hydrogens is 576 g/mol. The molecule has 3 aromatic rings. The van der Waals surface area contributed by atoms with Crippen LogP contribution in [0.25, 0.3) is 11.1 Å². The highest BCUT2D eigenvalue weighted by molar-refractivity contribution is 5.84. The molecule has 7 nitrogen and oxygen atoms in total. The molecule has 0 radical (unpaired) electrons. The van der Waals surface area contributed by atoms with Crippen molar-refractivity contribution in [3.05, 3.63) is 96.1 Å². The maximum Gasteiger partial charge on any atom is 0.329 e. The SMILES string of the molecule is CC(C)CCC(CN(CC(C)C)C(=O)N[C@@H](Cc1ccc(-c2ccccc2)cc1)C(=O)OCc1ccccc1)C(=O)OC(C)(C)C. The zero-order valence-corrected chi connectivity index (χ0v) is 28.6. The third-order valence-corrected chi connectivity index (χ3v) is 7.45. The van der Waals surface area contributed by atoms with Crippen molar-refractivity contribution in [1.29, 1.82) is 0 Å². The fourth-order valence-corrected chi connectivity index (χ4v) is 5.11. The second-order valence-corrected chi connectivity index (χ2v) is 13.9. The van der Waals surface area contributed by atoms with Crippen LogP contribution in [0, 0.1) is 17.8 Å². The topological polar surface area (TPSA) is 84.9 Å². The molecule has 2 amide bonds. The molecule has 0 heterocycles. The van der Waals surface area contributed by atoms with E-state index in [1.54, 1.807) is 4.90 Å². The molecule has 2 atom stereocenters. The van der Waals surface area contributed by atoms with E-state index in [-0.39, 0.29) is 31.5 Å². The Balaban J connectivity index is 1.83. The van der Waals surface area contributed by atoms with Gasteiger partial charge in [-0.3, -0.25) is 4.79 Å². The molecule has 0 fully saturated rings. The summed E-state index contributed by atoms with van der Waals surface area (Å²) in [6.45, 7) is 14.5. The lowest BCUT2D eigenvalue weighted by atomic mass is 9.96. The lowest BCUT2D eigenvalue weighted by molar-refractivity contribution is -0.161. The number of amides is 2. The van der Waals surface area contributed by atoms with Crippen LogP contribution in [0.15, 0.2) is 84.9 Å². The van der Waals surface area contributed by atoms with Gasteiger partial charge in [-0.1, -0.05) is 119 Å². The molecule has 7 heteroatoms. The van der Waals surface area contributed by atoms with Crippen LogP contribution < -0.4 is 5.32 Å². The van der Waals surface area contributed by atoms with Crippen LogP contribution in [0.5, 0.6) is 0 Å². The van der Waals surface area contributed by atoms with Crippen molar-refractivity contribution < 1.29 is 23.9 Å². The van der Waals surface area contributed by atoms with Gasteiger partial charge >= 0.3 is 18.0 Å². The number of urea groups is 1.